The monoisotopic (exact) mass is 377 g/mol. The summed E-state index contributed by atoms with van der Waals surface area (Å²) in [4.78, 5) is 5.72. The highest BCUT2D eigenvalue weighted by Gasteiger charge is 2.21. The fourth-order valence-corrected chi connectivity index (χ4v) is 1.40. The van der Waals surface area contributed by atoms with Crippen molar-refractivity contribution in [2.45, 2.75) is 19.3 Å². The van der Waals surface area contributed by atoms with Gasteiger partial charge in [0.25, 0.3) is 6.43 Å². The van der Waals surface area contributed by atoms with Gasteiger partial charge >= 0.3 is 0 Å². The van der Waals surface area contributed by atoms with Gasteiger partial charge in [0, 0.05) is 27.2 Å². The molecular formula is C11H22F2IN3O. The molecule has 108 valence electrons. The number of likely N-dealkylation sites (N-methyl/N-ethyl adjacent to an activating group) is 1. The van der Waals surface area contributed by atoms with Crippen LogP contribution in [-0.4, -0.2) is 57.7 Å². The zero-order chi connectivity index (χ0) is 12.7. The van der Waals surface area contributed by atoms with Gasteiger partial charge in [-0.3, -0.25) is 4.99 Å². The van der Waals surface area contributed by atoms with Crippen molar-refractivity contribution in [3.8, 4) is 0 Å². The van der Waals surface area contributed by atoms with Crippen LogP contribution in [0.2, 0.25) is 0 Å². The Labute approximate surface area is 124 Å². The van der Waals surface area contributed by atoms with Crippen LogP contribution >= 0.6 is 24.0 Å². The van der Waals surface area contributed by atoms with Crippen molar-refractivity contribution in [1.29, 1.82) is 0 Å². The van der Waals surface area contributed by atoms with E-state index in [1.165, 1.54) is 12.8 Å². The van der Waals surface area contributed by atoms with E-state index in [9.17, 15) is 8.78 Å². The second kappa shape index (κ2) is 9.71. The van der Waals surface area contributed by atoms with Gasteiger partial charge in [0.1, 0.15) is 0 Å². The number of aliphatic imine (C=N–C) groups is 1. The molecule has 1 aliphatic carbocycles. The van der Waals surface area contributed by atoms with Gasteiger partial charge in [-0.1, -0.05) is 0 Å². The van der Waals surface area contributed by atoms with Gasteiger partial charge in [0.15, 0.2) is 5.96 Å². The van der Waals surface area contributed by atoms with Crippen LogP contribution in [0.3, 0.4) is 0 Å². The molecule has 0 radical (unpaired) electrons. The standard InChI is InChI=1S/C11H21F2N3O.HI/c1-14-11(15-7-10(12)13)16(2)5-6-17-8-9-3-4-9;/h9-10H,3-8H2,1-2H3,(H,14,15);1H. The van der Waals surface area contributed by atoms with E-state index in [0.717, 1.165) is 12.5 Å². The predicted octanol–water partition coefficient (Wildman–Crippen LogP) is 1.80. The first-order valence-corrected chi connectivity index (χ1v) is 5.91. The molecular weight excluding hydrogens is 355 g/mol. The van der Waals surface area contributed by atoms with Crippen molar-refractivity contribution in [1.82, 2.24) is 10.2 Å². The van der Waals surface area contributed by atoms with E-state index in [1.54, 1.807) is 19.0 Å². The molecule has 7 heteroatoms. The quantitative estimate of drug-likeness (QED) is 0.318. The third kappa shape index (κ3) is 8.02. The molecule has 1 rings (SSSR count). The molecule has 0 bridgehead atoms. The maximum absolute atomic E-state index is 12.0. The smallest absolute Gasteiger partial charge is 0.255 e. The SMILES string of the molecule is CN=C(NCC(F)F)N(C)CCOCC1CC1.I. The summed E-state index contributed by atoms with van der Waals surface area (Å²) in [7, 11) is 3.39. The first-order chi connectivity index (χ1) is 8.13. The average molecular weight is 377 g/mol. The van der Waals surface area contributed by atoms with Crippen LogP contribution in [0.1, 0.15) is 12.8 Å². The highest BCUT2D eigenvalue weighted by molar-refractivity contribution is 14.0. The molecule has 1 saturated carbocycles. The molecule has 0 atom stereocenters. The highest BCUT2D eigenvalue weighted by atomic mass is 127. The van der Waals surface area contributed by atoms with Crippen molar-refractivity contribution < 1.29 is 13.5 Å². The molecule has 18 heavy (non-hydrogen) atoms. The molecule has 0 unspecified atom stereocenters. The minimum absolute atomic E-state index is 0. The Morgan fingerprint density at radius 1 is 1.50 bits per heavy atom. The normalized spacial score (nSPS) is 15.5. The second-order valence-corrected chi connectivity index (χ2v) is 4.26. The minimum atomic E-state index is -2.37. The van der Waals surface area contributed by atoms with Gasteiger partial charge in [0.2, 0.25) is 0 Å². The summed E-state index contributed by atoms with van der Waals surface area (Å²) in [6, 6.07) is 0. The molecule has 1 aliphatic rings. The molecule has 0 heterocycles. The van der Waals surface area contributed by atoms with E-state index in [-0.39, 0.29) is 30.5 Å². The van der Waals surface area contributed by atoms with Crippen LogP contribution in [0.25, 0.3) is 0 Å². The van der Waals surface area contributed by atoms with Crippen LogP contribution < -0.4 is 5.32 Å². The number of hydrogen-bond donors (Lipinski definition) is 1. The fraction of sp³-hybridized carbons (Fsp3) is 0.909. The minimum Gasteiger partial charge on any atom is -0.379 e. The number of nitrogens with zero attached hydrogens (tertiary/aromatic N) is 2. The lowest BCUT2D eigenvalue weighted by atomic mass is 10.5. The van der Waals surface area contributed by atoms with E-state index in [2.05, 4.69) is 10.3 Å². The summed E-state index contributed by atoms with van der Waals surface area (Å²) < 4.78 is 29.5. The Hall–Kier alpha value is -0.180. The van der Waals surface area contributed by atoms with Crippen LogP contribution in [0, 0.1) is 5.92 Å². The van der Waals surface area contributed by atoms with Crippen molar-refractivity contribution in [2.75, 3.05) is 40.4 Å². The third-order valence-electron chi connectivity index (χ3n) is 2.61. The maximum Gasteiger partial charge on any atom is 0.255 e. The molecule has 4 nitrogen and oxygen atoms in total. The predicted molar refractivity (Wildman–Crippen MR) is 79.0 cm³/mol. The topological polar surface area (TPSA) is 36.9 Å². The van der Waals surface area contributed by atoms with E-state index < -0.39 is 6.43 Å². The molecule has 0 aromatic carbocycles. The van der Waals surface area contributed by atoms with Crippen LogP contribution in [-0.2, 0) is 4.74 Å². The van der Waals surface area contributed by atoms with Gasteiger partial charge in [0.05, 0.1) is 13.2 Å². The lowest BCUT2D eigenvalue weighted by Crippen LogP contribution is -2.42. The molecule has 0 saturated heterocycles. The largest absolute Gasteiger partial charge is 0.379 e. The summed E-state index contributed by atoms with van der Waals surface area (Å²) in [6.07, 6.45) is 0.173. The van der Waals surface area contributed by atoms with Gasteiger partial charge in [-0.25, -0.2) is 8.78 Å². The summed E-state index contributed by atoms with van der Waals surface area (Å²) in [5.41, 5.74) is 0. The number of halogens is 3. The van der Waals surface area contributed by atoms with E-state index in [1.807, 2.05) is 0 Å². The second-order valence-electron chi connectivity index (χ2n) is 4.26. The summed E-state index contributed by atoms with van der Waals surface area (Å²) in [5.74, 6) is 1.22. The maximum atomic E-state index is 12.0. The van der Waals surface area contributed by atoms with Crippen molar-refractivity contribution in [3.63, 3.8) is 0 Å². The number of rotatable bonds is 7. The molecule has 0 aromatic heterocycles. The Kier molecular flexibility index (Phi) is 9.61. The van der Waals surface area contributed by atoms with Crippen molar-refractivity contribution in [3.05, 3.63) is 0 Å². The van der Waals surface area contributed by atoms with Crippen LogP contribution in [0.4, 0.5) is 8.78 Å². The number of ether oxygens (including phenoxy) is 1. The Morgan fingerprint density at radius 3 is 2.67 bits per heavy atom. The molecule has 0 aromatic rings. The lowest BCUT2D eigenvalue weighted by molar-refractivity contribution is 0.114. The molecule has 0 aliphatic heterocycles. The van der Waals surface area contributed by atoms with Crippen LogP contribution in [0.15, 0.2) is 4.99 Å². The molecule has 1 fully saturated rings. The Bertz CT molecular complexity index is 250. The molecule has 0 amide bonds. The fourth-order valence-electron chi connectivity index (χ4n) is 1.40. The summed E-state index contributed by atoms with van der Waals surface area (Å²) >= 11 is 0. The summed E-state index contributed by atoms with van der Waals surface area (Å²) in [6.45, 7) is 1.69. The third-order valence-corrected chi connectivity index (χ3v) is 2.61. The number of alkyl halides is 2. The summed E-state index contributed by atoms with van der Waals surface area (Å²) in [5, 5.41) is 2.60. The van der Waals surface area contributed by atoms with E-state index in [0.29, 0.717) is 19.1 Å². The van der Waals surface area contributed by atoms with E-state index in [4.69, 9.17) is 4.74 Å². The lowest BCUT2D eigenvalue weighted by Gasteiger charge is -2.21. The van der Waals surface area contributed by atoms with Crippen molar-refractivity contribution >= 4 is 29.9 Å². The highest BCUT2D eigenvalue weighted by Crippen LogP contribution is 2.28. The molecule has 1 N–H and O–H groups in total. The van der Waals surface area contributed by atoms with Crippen LogP contribution in [0.5, 0.6) is 0 Å². The zero-order valence-corrected chi connectivity index (χ0v) is 13.2. The van der Waals surface area contributed by atoms with Crippen molar-refractivity contribution in [2.24, 2.45) is 10.9 Å². The number of hydrogen-bond acceptors (Lipinski definition) is 2. The van der Waals surface area contributed by atoms with E-state index >= 15 is 0 Å². The Morgan fingerprint density at radius 2 is 2.17 bits per heavy atom. The Balaban J connectivity index is 0.00000289. The first kappa shape index (κ1) is 17.8. The van der Waals surface area contributed by atoms with Gasteiger partial charge in [-0.15, -0.1) is 24.0 Å². The van der Waals surface area contributed by atoms with Gasteiger partial charge in [-0.05, 0) is 18.8 Å². The van der Waals surface area contributed by atoms with Gasteiger partial charge < -0.3 is 15.0 Å². The first-order valence-electron chi connectivity index (χ1n) is 5.91. The van der Waals surface area contributed by atoms with Gasteiger partial charge in [-0.2, -0.15) is 0 Å². The molecule has 0 spiro atoms. The average Bonchev–Trinajstić information content (AvgIpc) is 3.08. The number of nitrogens with one attached hydrogen (secondary N) is 1. The zero-order valence-electron chi connectivity index (χ0n) is 10.9. The number of guanidine groups is 1.